The van der Waals surface area contributed by atoms with Crippen molar-refractivity contribution in [2.75, 3.05) is 6.61 Å². The van der Waals surface area contributed by atoms with Gasteiger partial charge >= 0.3 is 11.9 Å². The molecule has 2 aromatic rings. The summed E-state index contributed by atoms with van der Waals surface area (Å²) in [5, 5.41) is 12.7. The van der Waals surface area contributed by atoms with E-state index in [1.807, 2.05) is 0 Å². The number of ether oxygens (including phenoxy) is 2. The van der Waals surface area contributed by atoms with Crippen LogP contribution in [-0.4, -0.2) is 28.5 Å². The topological polar surface area (TPSA) is 109 Å². The largest absolute Gasteiger partial charge is 0.461 e. The highest BCUT2D eigenvalue weighted by Crippen LogP contribution is 2.19. The van der Waals surface area contributed by atoms with Crippen molar-refractivity contribution in [3.8, 4) is 0 Å². The molecule has 0 radical (unpaired) electrons. The average Bonchev–Trinajstić information content (AvgIpc) is 3.07. The van der Waals surface area contributed by atoms with Gasteiger partial charge in [0.2, 0.25) is 5.01 Å². The molecule has 0 spiro atoms. The number of nitro groups is 1. The molecule has 0 fully saturated rings. The molecule has 0 bridgehead atoms. The van der Waals surface area contributed by atoms with Crippen LogP contribution in [0.25, 0.3) is 6.08 Å². The first-order chi connectivity index (χ1) is 12.0. The van der Waals surface area contributed by atoms with Crippen LogP contribution < -0.4 is 0 Å². The van der Waals surface area contributed by atoms with Crippen molar-refractivity contribution in [1.82, 2.24) is 4.98 Å². The Morgan fingerprint density at radius 1 is 1.32 bits per heavy atom. The lowest BCUT2D eigenvalue weighted by atomic mass is 10.1. The van der Waals surface area contributed by atoms with E-state index in [1.54, 1.807) is 18.4 Å². The summed E-state index contributed by atoms with van der Waals surface area (Å²) in [6.07, 6.45) is 2.41. The SMILES string of the molecule is CCOC(=O)c1nc(COC(=O)C=Cc2ccccc2[N+](=O)[O-])cs1. The number of thiazole rings is 1. The smallest absolute Gasteiger partial charge is 0.367 e. The third-order valence-corrected chi connectivity index (χ3v) is 3.77. The molecule has 1 aromatic carbocycles. The molecule has 8 nitrogen and oxygen atoms in total. The maximum absolute atomic E-state index is 11.7. The Bertz CT molecular complexity index is 814. The molecule has 0 saturated heterocycles. The number of esters is 2. The highest BCUT2D eigenvalue weighted by atomic mass is 32.1. The zero-order chi connectivity index (χ0) is 18.2. The predicted molar refractivity (Wildman–Crippen MR) is 90.0 cm³/mol. The number of para-hydroxylation sites is 1. The summed E-state index contributed by atoms with van der Waals surface area (Å²) in [6, 6.07) is 6.03. The maximum Gasteiger partial charge on any atom is 0.367 e. The van der Waals surface area contributed by atoms with E-state index in [-0.39, 0.29) is 23.9 Å². The van der Waals surface area contributed by atoms with E-state index in [9.17, 15) is 19.7 Å². The summed E-state index contributed by atoms with van der Waals surface area (Å²) < 4.78 is 9.82. The van der Waals surface area contributed by atoms with Crippen LogP contribution in [0.15, 0.2) is 35.7 Å². The number of carbonyl (C=O) groups excluding carboxylic acids is 2. The lowest BCUT2D eigenvalue weighted by molar-refractivity contribution is -0.385. The van der Waals surface area contributed by atoms with E-state index < -0.39 is 16.9 Å². The van der Waals surface area contributed by atoms with Crippen molar-refractivity contribution in [3.63, 3.8) is 0 Å². The molecule has 0 N–H and O–H groups in total. The molecule has 2 rings (SSSR count). The number of benzene rings is 1. The number of nitro benzene ring substituents is 1. The van der Waals surface area contributed by atoms with Crippen LogP contribution in [0.1, 0.15) is 28.0 Å². The molecule has 0 atom stereocenters. The van der Waals surface area contributed by atoms with Gasteiger partial charge in [-0.2, -0.15) is 0 Å². The molecule has 25 heavy (non-hydrogen) atoms. The first-order valence-corrected chi connectivity index (χ1v) is 8.09. The van der Waals surface area contributed by atoms with Crippen LogP contribution in [0.2, 0.25) is 0 Å². The van der Waals surface area contributed by atoms with Crippen molar-refractivity contribution in [2.24, 2.45) is 0 Å². The molecule has 0 unspecified atom stereocenters. The summed E-state index contributed by atoms with van der Waals surface area (Å²) >= 11 is 1.09. The van der Waals surface area contributed by atoms with Gasteiger partial charge in [-0.15, -0.1) is 11.3 Å². The molecule has 0 aliphatic heterocycles. The molecule has 0 aliphatic carbocycles. The van der Waals surface area contributed by atoms with E-state index in [4.69, 9.17) is 9.47 Å². The zero-order valence-corrected chi connectivity index (χ0v) is 14.0. The van der Waals surface area contributed by atoms with Crippen LogP contribution in [0.4, 0.5) is 5.69 Å². The highest BCUT2D eigenvalue weighted by molar-refractivity contribution is 7.11. The van der Waals surface area contributed by atoms with Crippen LogP contribution in [0.5, 0.6) is 0 Å². The van der Waals surface area contributed by atoms with Crippen LogP contribution in [0, 0.1) is 10.1 Å². The van der Waals surface area contributed by atoms with Crippen molar-refractivity contribution in [3.05, 3.63) is 62.1 Å². The molecule has 9 heteroatoms. The van der Waals surface area contributed by atoms with E-state index in [0.717, 1.165) is 17.4 Å². The van der Waals surface area contributed by atoms with E-state index >= 15 is 0 Å². The number of rotatable bonds is 7. The quantitative estimate of drug-likeness (QED) is 0.322. The van der Waals surface area contributed by atoms with Gasteiger partial charge in [-0.1, -0.05) is 12.1 Å². The number of nitrogens with zero attached hydrogens (tertiary/aromatic N) is 2. The Hall–Kier alpha value is -3.07. The minimum atomic E-state index is -0.677. The number of hydrogen-bond donors (Lipinski definition) is 0. The molecule has 0 saturated carbocycles. The van der Waals surface area contributed by atoms with Crippen LogP contribution >= 0.6 is 11.3 Å². The van der Waals surface area contributed by atoms with Crippen molar-refractivity contribution >= 4 is 35.0 Å². The average molecular weight is 362 g/mol. The lowest BCUT2D eigenvalue weighted by Gasteiger charge is -1.99. The Labute approximate surface area is 146 Å². The Kier molecular flexibility index (Phi) is 6.35. The van der Waals surface area contributed by atoms with Gasteiger partial charge in [0.15, 0.2) is 0 Å². The van der Waals surface area contributed by atoms with E-state index in [2.05, 4.69) is 4.98 Å². The summed E-state index contributed by atoms with van der Waals surface area (Å²) in [7, 11) is 0. The second kappa shape index (κ2) is 8.69. The van der Waals surface area contributed by atoms with Gasteiger partial charge in [0.05, 0.1) is 22.8 Å². The van der Waals surface area contributed by atoms with Gasteiger partial charge in [0, 0.05) is 17.5 Å². The Morgan fingerprint density at radius 2 is 2.08 bits per heavy atom. The van der Waals surface area contributed by atoms with Crippen LogP contribution in [-0.2, 0) is 20.9 Å². The maximum atomic E-state index is 11.7. The Morgan fingerprint density at radius 3 is 2.80 bits per heavy atom. The fourth-order valence-corrected chi connectivity index (χ4v) is 2.50. The normalized spacial score (nSPS) is 10.6. The second-order valence-electron chi connectivity index (χ2n) is 4.62. The minimum Gasteiger partial charge on any atom is -0.461 e. The van der Waals surface area contributed by atoms with Gasteiger partial charge in [-0.05, 0) is 19.1 Å². The number of carbonyl (C=O) groups is 2. The van der Waals surface area contributed by atoms with Crippen LogP contribution in [0.3, 0.4) is 0 Å². The summed E-state index contributed by atoms with van der Waals surface area (Å²) in [6.45, 7) is 1.83. The lowest BCUT2D eigenvalue weighted by Crippen LogP contribution is -2.05. The Balaban J connectivity index is 1.93. The second-order valence-corrected chi connectivity index (χ2v) is 5.48. The molecule has 0 aliphatic rings. The van der Waals surface area contributed by atoms with Gasteiger partial charge < -0.3 is 9.47 Å². The fraction of sp³-hybridized carbons (Fsp3) is 0.188. The highest BCUT2D eigenvalue weighted by Gasteiger charge is 2.13. The van der Waals surface area contributed by atoms with E-state index in [1.165, 1.54) is 24.3 Å². The molecular weight excluding hydrogens is 348 g/mol. The molecule has 0 amide bonds. The van der Waals surface area contributed by atoms with Gasteiger partial charge in [0.25, 0.3) is 5.69 Å². The first-order valence-electron chi connectivity index (χ1n) is 7.21. The fourth-order valence-electron chi connectivity index (χ4n) is 1.81. The number of hydrogen-bond acceptors (Lipinski definition) is 8. The third-order valence-electron chi connectivity index (χ3n) is 2.90. The molecule has 130 valence electrons. The van der Waals surface area contributed by atoms with E-state index in [0.29, 0.717) is 11.3 Å². The number of aromatic nitrogens is 1. The van der Waals surface area contributed by atoms with Crippen molar-refractivity contribution < 1.29 is 24.0 Å². The van der Waals surface area contributed by atoms with Crippen molar-refractivity contribution in [2.45, 2.75) is 13.5 Å². The van der Waals surface area contributed by atoms with Gasteiger partial charge in [-0.25, -0.2) is 14.6 Å². The minimum absolute atomic E-state index is 0.106. The molecule has 1 aromatic heterocycles. The monoisotopic (exact) mass is 362 g/mol. The summed E-state index contributed by atoms with van der Waals surface area (Å²) in [4.78, 5) is 37.6. The summed E-state index contributed by atoms with van der Waals surface area (Å²) in [5.74, 6) is -1.20. The molecular formula is C16H14N2O6S. The molecule has 1 heterocycles. The first kappa shape index (κ1) is 18.3. The van der Waals surface area contributed by atoms with Gasteiger partial charge in [-0.3, -0.25) is 10.1 Å². The summed E-state index contributed by atoms with van der Waals surface area (Å²) in [5.41, 5.74) is 0.605. The predicted octanol–water partition coefficient (Wildman–Crippen LogP) is 2.98. The third kappa shape index (κ3) is 5.21. The van der Waals surface area contributed by atoms with Gasteiger partial charge in [0.1, 0.15) is 6.61 Å². The van der Waals surface area contributed by atoms with Crippen molar-refractivity contribution in [1.29, 1.82) is 0 Å². The zero-order valence-electron chi connectivity index (χ0n) is 13.2. The standard InChI is InChI=1S/C16H14N2O6S/c1-2-23-16(20)15-17-12(10-25-15)9-24-14(19)8-7-11-5-3-4-6-13(11)18(21)22/h3-8,10H,2,9H2,1H3.